The third kappa shape index (κ3) is 3.31. The highest BCUT2D eigenvalue weighted by Gasteiger charge is 2.10. The third-order valence-electron chi connectivity index (χ3n) is 3.66. The van der Waals surface area contributed by atoms with Crippen LogP contribution in [0.4, 0.5) is 0 Å². The Morgan fingerprint density at radius 1 is 1.10 bits per heavy atom. The van der Waals surface area contributed by atoms with E-state index < -0.39 is 0 Å². The van der Waals surface area contributed by atoms with Crippen LogP contribution in [0.1, 0.15) is 36.4 Å². The van der Waals surface area contributed by atoms with Crippen molar-refractivity contribution < 1.29 is 0 Å². The average molecular weight is 270 g/mol. The fourth-order valence-corrected chi connectivity index (χ4v) is 2.67. The molecule has 0 fully saturated rings. The maximum atomic E-state index is 3.53. The van der Waals surface area contributed by atoms with Gasteiger partial charge in [-0.25, -0.2) is 0 Å². The average Bonchev–Trinajstić information content (AvgIpc) is 2.64. The topological polar surface area (TPSA) is 17.0 Å². The van der Waals surface area contributed by atoms with Crippen molar-refractivity contribution in [1.29, 1.82) is 0 Å². The molecule has 2 heteroatoms. The van der Waals surface area contributed by atoms with Crippen molar-refractivity contribution in [3.05, 3.63) is 52.8 Å². The predicted molar refractivity (Wildman–Crippen MR) is 86.5 cm³/mol. The number of hydrogen-bond acceptors (Lipinski definition) is 1. The zero-order chi connectivity index (χ0) is 14.7. The Bertz CT molecular complexity index is 579. The van der Waals surface area contributed by atoms with Crippen LogP contribution in [0.2, 0.25) is 0 Å². The molecule has 1 aromatic heterocycles. The van der Waals surface area contributed by atoms with E-state index in [9.17, 15) is 0 Å². The lowest BCUT2D eigenvalue weighted by molar-refractivity contribution is 0.551. The highest BCUT2D eigenvalue weighted by molar-refractivity contribution is 5.42. The summed E-state index contributed by atoms with van der Waals surface area (Å²) in [6, 6.07) is 11.0. The summed E-state index contributed by atoms with van der Waals surface area (Å²) in [7, 11) is 0. The summed E-state index contributed by atoms with van der Waals surface area (Å²) in [4.78, 5) is 0. The van der Waals surface area contributed by atoms with Gasteiger partial charge in [-0.2, -0.15) is 0 Å². The molecule has 1 aromatic carbocycles. The molecule has 0 spiro atoms. The molecule has 0 saturated heterocycles. The zero-order valence-corrected chi connectivity index (χ0v) is 13.3. The lowest BCUT2D eigenvalue weighted by atomic mass is 10.2. The largest absolute Gasteiger partial charge is 0.318 e. The second-order valence-corrected chi connectivity index (χ2v) is 6.10. The number of rotatable bonds is 5. The van der Waals surface area contributed by atoms with E-state index in [4.69, 9.17) is 0 Å². The molecule has 108 valence electrons. The molecule has 1 heterocycles. The van der Waals surface area contributed by atoms with E-state index in [0.29, 0.717) is 5.92 Å². The van der Waals surface area contributed by atoms with E-state index in [0.717, 1.165) is 13.1 Å². The molecule has 0 aliphatic carbocycles. The first-order chi connectivity index (χ1) is 9.49. The van der Waals surface area contributed by atoms with Crippen molar-refractivity contribution in [2.75, 3.05) is 6.54 Å². The third-order valence-corrected chi connectivity index (χ3v) is 3.66. The summed E-state index contributed by atoms with van der Waals surface area (Å²) in [6.07, 6.45) is 0. The van der Waals surface area contributed by atoms with Crippen molar-refractivity contribution in [2.45, 2.75) is 41.2 Å². The molecule has 0 aliphatic rings. The van der Waals surface area contributed by atoms with Crippen LogP contribution in [0.25, 0.3) is 5.69 Å². The molecule has 0 aliphatic heterocycles. The minimum absolute atomic E-state index is 0.690. The van der Waals surface area contributed by atoms with Crippen molar-refractivity contribution >= 4 is 0 Å². The first-order valence-corrected chi connectivity index (χ1v) is 7.44. The number of hydrogen-bond donors (Lipinski definition) is 1. The number of nitrogens with one attached hydrogen (secondary N) is 1. The quantitative estimate of drug-likeness (QED) is 0.863. The smallest absolute Gasteiger partial charge is 0.0457 e. The molecule has 0 atom stereocenters. The normalized spacial score (nSPS) is 11.3. The molecule has 0 unspecified atom stereocenters. The Hall–Kier alpha value is -1.54. The fourth-order valence-electron chi connectivity index (χ4n) is 2.67. The van der Waals surface area contributed by atoms with Crippen molar-refractivity contribution in [3.63, 3.8) is 0 Å². The molecule has 0 saturated carbocycles. The van der Waals surface area contributed by atoms with Gasteiger partial charge >= 0.3 is 0 Å². The van der Waals surface area contributed by atoms with Crippen LogP contribution in [0.15, 0.2) is 30.3 Å². The van der Waals surface area contributed by atoms with Crippen LogP contribution < -0.4 is 5.32 Å². The van der Waals surface area contributed by atoms with Crippen molar-refractivity contribution in [1.82, 2.24) is 9.88 Å². The molecule has 2 rings (SSSR count). The lowest BCUT2D eigenvalue weighted by Gasteiger charge is -2.11. The van der Waals surface area contributed by atoms with E-state index in [1.807, 2.05) is 0 Å². The molecule has 0 radical (unpaired) electrons. The highest BCUT2D eigenvalue weighted by Crippen LogP contribution is 2.21. The van der Waals surface area contributed by atoms with Crippen molar-refractivity contribution in [3.8, 4) is 5.69 Å². The van der Waals surface area contributed by atoms with Crippen LogP contribution in [-0.2, 0) is 6.54 Å². The maximum Gasteiger partial charge on any atom is 0.0457 e. The van der Waals surface area contributed by atoms with Gasteiger partial charge < -0.3 is 9.88 Å². The summed E-state index contributed by atoms with van der Waals surface area (Å²) >= 11 is 0. The van der Waals surface area contributed by atoms with E-state index in [1.165, 1.54) is 28.2 Å². The SMILES string of the molecule is Cc1cccc(-n2c(C)cc(CNCC(C)C)c2C)c1. The number of aromatic nitrogens is 1. The molecule has 20 heavy (non-hydrogen) atoms. The van der Waals surface area contributed by atoms with Gasteiger partial charge in [-0.05, 0) is 62.6 Å². The van der Waals surface area contributed by atoms with E-state index >= 15 is 0 Å². The van der Waals surface area contributed by atoms with Gasteiger partial charge in [-0.15, -0.1) is 0 Å². The van der Waals surface area contributed by atoms with Crippen molar-refractivity contribution in [2.24, 2.45) is 5.92 Å². The minimum Gasteiger partial charge on any atom is -0.318 e. The highest BCUT2D eigenvalue weighted by atomic mass is 15.0. The van der Waals surface area contributed by atoms with E-state index in [1.54, 1.807) is 0 Å². The maximum absolute atomic E-state index is 3.53. The second kappa shape index (κ2) is 6.27. The molecule has 2 aromatic rings. The van der Waals surface area contributed by atoms with Crippen LogP contribution in [-0.4, -0.2) is 11.1 Å². The number of aryl methyl sites for hydroxylation is 2. The Kier molecular flexibility index (Phi) is 4.66. The van der Waals surface area contributed by atoms with Gasteiger partial charge in [0.25, 0.3) is 0 Å². The lowest BCUT2D eigenvalue weighted by Crippen LogP contribution is -2.19. The summed E-state index contributed by atoms with van der Waals surface area (Å²) < 4.78 is 2.35. The monoisotopic (exact) mass is 270 g/mol. The van der Waals surface area contributed by atoms with Gasteiger partial charge in [0.2, 0.25) is 0 Å². The molecular formula is C18H26N2. The molecule has 2 nitrogen and oxygen atoms in total. The van der Waals surface area contributed by atoms with Crippen LogP contribution >= 0.6 is 0 Å². The summed E-state index contributed by atoms with van der Waals surface area (Å²) in [5.74, 6) is 0.690. The molecule has 1 N–H and O–H groups in total. The Balaban J connectivity index is 2.25. The summed E-state index contributed by atoms with van der Waals surface area (Å²) in [6.45, 7) is 13.0. The first kappa shape index (κ1) is 14.9. The van der Waals surface area contributed by atoms with Gasteiger partial charge in [0, 0.05) is 23.6 Å². The second-order valence-electron chi connectivity index (χ2n) is 6.10. The van der Waals surface area contributed by atoms with Gasteiger partial charge in [0.1, 0.15) is 0 Å². The Morgan fingerprint density at radius 3 is 2.50 bits per heavy atom. The van der Waals surface area contributed by atoms with Crippen LogP contribution in [0.5, 0.6) is 0 Å². The van der Waals surface area contributed by atoms with Gasteiger partial charge in [0.05, 0.1) is 0 Å². The van der Waals surface area contributed by atoms with Crippen LogP contribution in [0, 0.1) is 26.7 Å². The Labute approximate surface area is 122 Å². The van der Waals surface area contributed by atoms with Gasteiger partial charge in [-0.1, -0.05) is 26.0 Å². The number of nitrogens with zero attached hydrogens (tertiary/aromatic N) is 1. The Morgan fingerprint density at radius 2 is 1.85 bits per heavy atom. The van der Waals surface area contributed by atoms with E-state index in [2.05, 4.69) is 74.8 Å². The summed E-state index contributed by atoms with van der Waals surface area (Å²) in [5.41, 5.74) is 6.59. The predicted octanol–water partition coefficient (Wildman–Crippen LogP) is 4.15. The summed E-state index contributed by atoms with van der Waals surface area (Å²) in [5, 5.41) is 3.53. The molecule has 0 bridgehead atoms. The van der Waals surface area contributed by atoms with Crippen LogP contribution in [0.3, 0.4) is 0 Å². The fraction of sp³-hybridized carbons (Fsp3) is 0.444. The standard InChI is InChI=1S/C18H26N2/c1-13(2)11-19-12-17-10-15(4)20(16(17)5)18-8-6-7-14(3)9-18/h6-10,13,19H,11-12H2,1-5H3. The molecule has 0 amide bonds. The van der Waals surface area contributed by atoms with E-state index in [-0.39, 0.29) is 0 Å². The first-order valence-electron chi connectivity index (χ1n) is 7.44. The number of benzene rings is 1. The van der Waals surface area contributed by atoms with Gasteiger partial charge in [0.15, 0.2) is 0 Å². The zero-order valence-electron chi connectivity index (χ0n) is 13.3. The molecular weight excluding hydrogens is 244 g/mol. The van der Waals surface area contributed by atoms with Gasteiger partial charge in [-0.3, -0.25) is 0 Å². The minimum atomic E-state index is 0.690.